The Balaban J connectivity index is 2.21. The second kappa shape index (κ2) is 6.64. The van der Waals surface area contributed by atoms with Crippen molar-refractivity contribution in [2.24, 2.45) is 0 Å². The van der Waals surface area contributed by atoms with Gasteiger partial charge in [0, 0.05) is 12.0 Å². The van der Waals surface area contributed by atoms with E-state index in [4.69, 9.17) is 9.15 Å². The number of ether oxygens (including phenoxy) is 1. The zero-order valence-corrected chi connectivity index (χ0v) is 11.4. The quantitative estimate of drug-likeness (QED) is 0.836. The molecule has 0 saturated heterocycles. The lowest BCUT2D eigenvalue weighted by Crippen LogP contribution is -2.25. The van der Waals surface area contributed by atoms with Gasteiger partial charge in [-0.1, -0.05) is 13.8 Å². The van der Waals surface area contributed by atoms with Crippen molar-refractivity contribution in [3.05, 3.63) is 35.5 Å². The van der Waals surface area contributed by atoms with Gasteiger partial charge in [-0.15, -0.1) is 0 Å². The molecule has 1 aliphatic rings. The van der Waals surface area contributed by atoms with Crippen LogP contribution in [0.15, 0.2) is 28.6 Å². The van der Waals surface area contributed by atoms with Gasteiger partial charge < -0.3 is 14.5 Å². The van der Waals surface area contributed by atoms with Crippen LogP contribution in [0.5, 0.6) is 0 Å². The molecule has 0 aliphatic carbocycles. The fraction of sp³-hybridized carbons (Fsp3) is 0.600. The van der Waals surface area contributed by atoms with Crippen molar-refractivity contribution in [1.29, 1.82) is 0 Å². The molecule has 2 heterocycles. The molecule has 0 saturated carbocycles. The summed E-state index contributed by atoms with van der Waals surface area (Å²) in [6.45, 7) is 6.17. The third-order valence-electron chi connectivity index (χ3n) is 3.34. The predicted octanol–water partition coefficient (Wildman–Crippen LogP) is 3.58. The van der Waals surface area contributed by atoms with E-state index < -0.39 is 0 Å². The molecule has 1 N–H and O–H groups in total. The molecule has 18 heavy (non-hydrogen) atoms. The fourth-order valence-electron chi connectivity index (χ4n) is 2.42. The number of furan rings is 1. The Morgan fingerprint density at radius 2 is 2.28 bits per heavy atom. The van der Waals surface area contributed by atoms with E-state index in [0.717, 1.165) is 44.6 Å². The first kappa shape index (κ1) is 13.2. The first-order valence-corrected chi connectivity index (χ1v) is 6.97. The lowest BCUT2D eigenvalue weighted by atomic mass is 9.95. The van der Waals surface area contributed by atoms with Crippen LogP contribution in [0.3, 0.4) is 0 Å². The molecule has 0 fully saturated rings. The third-order valence-corrected chi connectivity index (χ3v) is 3.34. The van der Waals surface area contributed by atoms with E-state index in [0.29, 0.717) is 0 Å². The van der Waals surface area contributed by atoms with Crippen molar-refractivity contribution < 1.29 is 9.15 Å². The lowest BCUT2D eigenvalue weighted by Gasteiger charge is -2.24. The molecule has 0 spiro atoms. The molecule has 1 aliphatic heterocycles. The van der Waals surface area contributed by atoms with E-state index in [1.165, 1.54) is 11.1 Å². The maximum Gasteiger partial charge on any atom is 0.108 e. The van der Waals surface area contributed by atoms with Gasteiger partial charge in [0.15, 0.2) is 0 Å². The average Bonchev–Trinajstić information content (AvgIpc) is 2.89. The predicted molar refractivity (Wildman–Crippen MR) is 72.4 cm³/mol. The monoisotopic (exact) mass is 249 g/mol. The maximum atomic E-state index is 5.56. The minimum absolute atomic E-state index is 0.249. The molecule has 1 aromatic heterocycles. The number of hydrogen-bond acceptors (Lipinski definition) is 3. The maximum absolute atomic E-state index is 5.56. The normalized spacial score (nSPS) is 17.1. The standard InChI is InChI=1S/C15H23NO2/c1-3-8-16-15(12-6-5-9-17-11-12)13-7-10-18-14(13)4-2/h7,10-11,15-16H,3-6,8-9H2,1-2H3. The second-order valence-corrected chi connectivity index (χ2v) is 4.71. The van der Waals surface area contributed by atoms with Crippen LogP contribution >= 0.6 is 0 Å². The highest BCUT2D eigenvalue weighted by molar-refractivity contribution is 5.30. The molecule has 1 unspecified atom stereocenters. The van der Waals surface area contributed by atoms with Gasteiger partial charge in [0.2, 0.25) is 0 Å². The Hall–Kier alpha value is -1.22. The van der Waals surface area contributed by atoms with Crippen LogP contribution in [0.4, 0.5) is 0 Å². The number of nitrogens with one attached hydrogen (secondary N) is 1. The van der Waals surface area contributed by atoms with Gasteiger partial charge in [-0.05, 0) is 37.4 Å². The Kier molecular flexibility index (Phi) is 4.88. The van der Waals surface area contributed by atoms with Crippen LogP contribution in [0.25, 0.3) is 0 Å². The molecule has 0 radical (unpaired) electrons. The average molecular weight is 249 g/mol. The molecule has 0 bridgehead atoms. The molecule has 0 aromatic carbocycles. The van der Waals surface area contributed by atoms with Gasteiger partial charge in [0.1, 0.15) is 5.76 Å². The Labute approximate surface area is 109 Å². The molecule has 2 rings (SSSR count). The van der Waals surface area contributed by atoms with Crippen LogP contribution in [0.2, 0.25) is 0 Å². The molecule has 100 valence electrons. The zero-order chi connectivity index (χ0) is 12.8. The van der Waals surface area contributed by atoms with Crippen LogP contribution in [-0.4, -0.2) is 13.2 Å². The van der Waals surface area contributed by atoms with Crippen molar-refractivity contribution in [1.82, 2.24) is 5.32 Å². The molecule has 1 atom stereocenters. The van der Waals surface area contributed by atoms with Crippen LogP contribution in [0.1, 0.15) is 50.5 Å². The molecular formula is C15H23NO2. The summed E-state index contributed by atoms with van der Waals surface area (Å²) in [4.78, 5) is 0. The summed E-state index contributed by atoms with van der Waals surface area (Å²) < 4.78 is 11.0. The second-order valence-electron chi connectivity index (χ2n) is 4.71. The van der Waals surface area contributed by atoms with Gasteiger partial charge in [-0.2, -0.15) is 0 Å². The van der Waals surface area contributed by atoms with Crippen molar-refractivity contribution in [3.8, 4) is 0 Å². The Morgan fingerprint density at radius 3 is 2.94 bits per heavy atom. The van der Waals surface area contributed by atoms with Gasteiger partial charge in [0.05, 0.1) is 25.2 Å². The summed E-state index contributed by atoms with van der Waals surface area (Å²) in [5, 5.41) is 3.61. The van der Waals surface area contributed by atoms with E-state index in [9.17, 15) is 0 Å². The Bertz CT molecular complexity index is 395. The summed E-state index contributed by atoms with van der Waals surface area (Å²) >= 11 is 0. The first-order valence-electron chi connectivity index (χ1n) is 6.97. The minimum atomic E-state index is 0.249. The van der Waals surface area contributed by atoms with Crippen LogP contribution in [-0.2, 0) is 11.2 Å². The topological polar surface area (TPSA) is 34.4 Å². The van der Waals surface area contributed by atoms with Crippen molar-refractivity contribution in [2.75, 3.05) is 13.2 Å². The van der Waals surface area contributed by atoms with Gasteiger partial charge >= 0.3 is 0 Å². The van der Waals surface area contributed by atoms with E-state index in [2.05, 4.69) is 25.2 Å². The SMILES string of the molecule is CCCNC(C1=COCCC1)c1ccoc1CC. The highest BCUT2D eigenvalue weighted by Gasteiger charge is 2.22. The summed E-state index contributed by atoms with van der Waals surface area (Å²) in [6, 6.07) is 2.33. The highest BCUT2D eigenvalue weighted by Crippen LogP contribution is 2.30. The van der Waals surface area contributed by atoms with E-state index in [1.54, 1.807) is 6.26 Å². The molecule has 3 nitrogen and oxygen atoms in total. The smallest absolute Gasteiger partial charge is 0.108 e. The largest absolute Gasteiger partial charge is 0.501 e. The number of hydrogen-bond donors (Lipinski definition) is 1. The first-order chi connectivity index (χ1) is 8.86. The molecular weight excluding hydrogens is 226 g/mol. The number of rotatable bonds is 6. The minimum Gasteiger partial charge on any atom is -0.501 e. The van der Waals surface area contributed by atoms with Gasteiger partial charge in [-0.3, -0.25) is 0 Å². The lowest BCUT2D eigenvalue weighted by molar-refractivity contribution is 0.219. The zero-order valence-electron chi connectivity index (χ0n) is 11.4. The number of aryl methyl sites for hydroxylation is 1. The molecule has 3 heteroatoms. The van der Waals surface area contributed by atoms with Crippen molar-refractivity contribution >= 4 is 0 Å². The summed E-state index contributed by atoms with van der Waals surface area (Å²) in [7, 11) is 0. The van der Waals surface area contributed by atoms with E-state index >= 15 is 0 Å². The van der Waals surface area contributed by atoms with Gasteiger partial charge in [0.25, 0.3) is 0 Å². The summed E-state index contributed by atoms with van der Waals surface area (Å²) in [5.41, 5.74) is 2.61. The highest BCUT2D eigenvalue weighted by atomic mass is 16.5. The summed E-state index contributed by atoms with van der Waals surface area (Å²) in [5.74, 6) is 1.08. The van der Waals surface area contributed by atoms with Crippen molar-refractivity contribution in [3.63, 3.8) is 0 Å². The van der Waals surface area contributed by atoms with E-state index in [-0.39, 0.29) is 6.04 Å². The van der Waals surface area contributed by atoms with Crippen LogP contribution in [0, 0.1) is 0 Å². The van der Waals surface area contributed by atoms with Crippen LogP contribution < -0.4 is 5.32 Å². The third kappa shape index (κ3) is 2.96. The fourth-order valence-corrected chi connectivity index (χ4v) is 2.42. The molecule has 0 amide bonds. The van der Waals surface area contributed by atoms with Crippen molar-refractivity contribution in [2.45, 2.75) is 45.6 Å². The van der Waals surface area contributed by atoms with Gasteiger partial charge in [-0.25, -0.2) is 0 Å². The Morgan fingerprint density at radius 1 is 1.39 bits per heavy atom. The van der Waals surface area contributed by atoms with E-state index in [1.807, 2.05) is 6.26 Å². The summed E-state index contributed by atoms with van der Waals surface area (Å²) in [6.07, 6.45) is 8.00. The molecule has 1 aromatic rings.